The Morgan fingerprint density at radius 1 is 1.30 bits per heavy atom. The lowest BCUT2D eigenvalue weighted by molar-refractivity contribution is -0.169. The molecule has 1 saturated heterocycles. The van der Waals surface area contributed by atoms with Gasteiger partial charge in [-0.05, 0) is 11.6 Å². The molecule has 0 N–H and O–H groups in total. The average Bonchev–Trinajstić information content (AvgIpc) is 3.17. The third-order valence-electron chi connectivity index (χ3n) is 3.04. The molecule has 0 atom stereocenters. The maximum atomic E-state index is 11.8. The Labute approximate surface area is 116 Å². The van der Waals surface area contributed by atoms with E-state index in [1.54, 1.807) is 0 Å². The van der Waals surface area contributed by atoms with Crippen molar-refractivity contribution < 1.29 is 9.63 Å². The van der Waals surface area contributed by atoms with Crippen LogP contribution in [0.1, 0.15) is 12.8 Å². The zero-order valence-corrected chi connectivity index (χ0v) is 11.0. The number of amides is 1. The van der Waals surface area contributed by atoms with E-state index in [1.165, 1.54) is 9.86 Å². The number of rotatable bonds is 4. The molecule has 0 aliphatic carbocycles. The highest BCUT2D eigenvalue weighted by Crippen LogP contribution is 2.12. The van der Waals surface area contributed by atoms with E-state index < -0.39 is 0 Å². The van der Waals surface area contributed by atoms with Crippen LogP contribution in [0.15, 0.2) is 30.3 Å². The van der Waals surface area contributed by atoms with Gasteiger partial charge in [0.15, 0.2) is 0 Å². The van der Waals surface area contributed by atoms with Crippen LogP contribution in [-0.2, 0) is 16.2 Å². The van der Waals surface area contributed by atoms with Crippen molar-refractivity contribution in [3.63, 3.8) is 0 Å². The van der Waals surface area contributed by atoms with Gasteiger partial charge < -0.3 is 0 Å². The molecule has 104 valence electrons. The molecule has 1 aliphatic heterocycles. The summed E-state index contributed by atoms with van der Waals surface area (Å²) in [5.41, 5.74) is 0.910. The van der Waals surface area contributed by atoms with Gasteiger partial charge in [0.2, 0.25) is 11.7 Å². The summed E-state index contributed by atoms with van der Waals surface area (Å²) in [7, 11) is 0. The molecule has 0 saturated carbocycles. The Kier molecular flexibility index (Phi) is 3.69. The molecule has 0 radical (unpaired) electrons. The van der Waals surface area contributed by atoms with E-state index in [0.717, 1.165) is 12.0 Å². The van der Waals surface area contributed by atoms with E-state index >= 15 is 0 Å². The number of carbonyl (C=O) groups is 1. The first-order valence-electron chi connectivity index (χ1n) is 6.59. The lowest BCUT2D eigenvalue weighted by Gasteiger charge is -2.12. The van der Waals surface area contributed by atoms with Crippen molar-refractivity contribution in [3.05, 3.63) is 30.3 Å². The molecule has 2 aromatic rings. The number of nitrogens with zero attached hydrogens (tertiary/aromatic N) is 5. The van der Waals surface area contributed by atoms with Crippen LogP contribution in [0.2, 0.25) is 0 Å². The molecule has 1 amide bonds. The van der Waals surface area contributed by atoms with Gasteiger partial charge in [-0.15, -0.1) is 10.2 Å². The minimum Gasteiger partial charge on any atom is -0.273 e. The summed E-state index contributed by atoms with van der Waals surface area (Å²) in [6.07, 6.45) is 1.20. The highest BCUT2D eigenvalue weighted by Gasteiger charge is 2.19. The molecule has 0 unspecified atom stereocenters. The van der Waals surface area contributed by atoms with Crippen LogP contribution in [0.4, 0.5) is 0 Å². The van der Waals surface area contributed by atoms with Crippen molar-refractivity contribution in [2.45, 2.75) is 19.4 Å². The number of aromatic nitrogens is 4. The molecule has 20 heavy (non-hydrogen) atoms. The van der Waals surface area contributed by atoms with Gasteiger partial charge in [0.25, 0.3) is 0 Å². The van der Waals surface area contributed by atoms with E-state index in [9.17, 15) is 4.79 Å². The number of hydroxylamine groups is 2. The lowest BCUT2D eigenvalue weighted by Crippen LogP contribution is -2.27. The Balaban J connectivity index is 1.59. The minimum absolute atomic E-state index is 0.0407. The van der Waals surface area contributed by atoms with Crippen molar-refractivity contribution in [1.82, 2.24) is 25.3 Å². The molecule has 2 heterocycles. The predicted molar refractivity (Wildman–Crippen MR) is 70.2 cm³/mol. The number of tetrazole rings is 1. The number of hydrogen-bond donors (Lipinski definition) is 0. The van der Waals surface area contributed by atoms with Gasteiger partial charge in [0.05, 0.1) is 26.1 Å². The average molecular weight is 273 g/mol. The van der Waals surface area contributed by atoms with Crippen LogP contribution in [0.25, 0.3) is 11.4 Å². The minimum atomic E-state index is -0.0407. The van der Waals surface area contributed by atoms with E-state index in [4.69, 9.17) is 4.84 Å². The smallest absolute Gasteiger partial charge is 0.248 e. The van der Waals surface area contributed by atoms with Crippen LogP contribution in [0.3, 0.4) is 0 Å². The van der Waals surface area contributed by atoms with Crippen LogP contribution in [0.5, 0.6) is 0 Å². The first-order chi connectivity index (χ1) is 9.83. The van der Waals surface area contributed by atoms with Crippen molar-refractivity contribution in [1.29, 1.82) is 0 Å². The van der Waals surface area contributed by atoms with E-state index in [2.05, 4.69) is 15.4 Å². The number of hydrogen-bond acceptors (Lipinski definition) is 5. The van der Waals surface area contributed by atoms with Gasteiger partial charge in [-0.3, -0.25) is 9.63 Å². The van der Waals surface area contributed by atoms with Gasteiger partial charge in [-0.2, -0.15) is 4.80 Å². The summed E-state index contributed by atoms with van der Waals surface area (Å²) in [4.78, 5) is 18.4. The predicted octanol–water partition coefficient (Wildman–Crippen LogP) is 0.894. The topological polar surface area (TPSA) is 73.1 Å². The van der Waals surface area contributed by atoms with Crippen LogP contribution in [0, 0.1) is 0 Å². The Morgan fingerprint density at radius 3 is 2.90 bits per heavy atom. The molecular weight excluding hydrogens is 258 g/mol. The van der Waals surface area contributed by atoms with Crippen molar-refractivity contribution in [2.24, 2.45) is 0 Å². The third kappa shape index (κ3) is 2.83. The fourth-order valence-electron chi connectivity index (χ4n) is 2.01. The second-order valence-corrected chi connectivity index (χ2v) is 4.51. The Bertz CT molecular complexity index is 577. The SMILES string of the molecule is O=C(CCn1nnc(-c2ccccc2)n1)N1CCCO1. The second-order valence-electron chi connectivity index (χ2n) is 4.51. The summed E-state index contributed by atoms with van der Waals surface area (Å²) in [5.74, 6) is 0.525. The van der Waals surface area contributed by atoms with Crippen LogP contribution in [-0.4, -0.2) is 44.3 Å². The molecule has 7 nitrogen and oxygen atoms in total. The van der Waals surface area contributed by atoms with Crippen molar-refractivity contribution in [3.8, 4) is 11.4 Å². The number of aryl methyl sites for hydroxylation is 1. The Morgan fingerprint density at radius 2 is 2.15 bits per heavy atom. The Hall–Kier alpha value is -2.28. The van der Waals surface area contributed by atoms with Crippen molar-refractivity contribution in [2.75, 3.05) is 13.2 Å². The fraction of sp³-hybridized carbons (Fsp3) is 0.385. The lowest BCUT2D eigenvalue weighted by atomic mass is 10.2. The summed E-state index contributed by atoms with van der Waals surface area (Å²) in [6.45, 7) is 1.68. The first-order valence-corrected chi connectivity index (χ1v) is 6.59. The standard InChI is InChI=1S/C13H15N5O2/c19-12(17-8-4-10-20-17)7-9-18-15-13(14-16-18)11-5-2-1-3-6-11/h1-3,5-6H,4,7-10H2. The summed E-state index contributed by atoms with van der Waals surface area (Å²) in [5, 5.41) is 13.6. The molecule has 7 heteroatoms. The highest BCUT2D eigenvalue weighted by molar-refractivity contribution is 5.75. The molecule has 3 rings (SSSR count). The maximum absolute atomic E-state index is 11.8. The van der Waals surface area contributed by atoms with E-state index in [-0.39, 0.29) is 5.91 Å². The van der Waals surface area contributed by atoms with Gasteiger partial charge in [-0.25, -0.2) is 5.06 Å². The van der Waals surface area contributed by atoms with E-state index in [1.807, 2.05) is 30.3 Å². The molecule has 1 fully saturated rings. The second kappa shape index (κ2) is 5.79. The molecule has 1 aromatic carbocycles. The van der Waals surface area contributed by atoms with E-state index in [0.29, 0.717) is 31.9 Å². The van der Waals surface area contributed by atoms with Gasteiger partial charge >= 0.3 is 0 Å². The molecule has 0 spiro atoms. The summed E-state index contributed by atoms with van der Waals surface area (Å²) < 4.78 is 0. The molecule has 1 aliphatic rings. The maximum Gasteiger partial charge on any atom is 0.248 e. The van der Waals surface area contributed by atoms with Crippen molar-refractivity contribution >= 4 is 5.91 Å². The van der Waals surface area contributed by atoms with Gasteiger partial charge in [-0.1, -0.05) is 30.3 Å². The third-order valence-corrected chi connectivity index (χ3v) is 3.04. The first kappa shape index (κ1) is 12.7. The van der Waals surface area contributed by atoms with Crippen LogP contribution >= 0.6 is 0 Å². The van der Waals surface area contributed by atoms with Crippen LogP contribution < -0.4 is 0 Å². The summed E-state index contributed by atoms with van der Waals surface area (Å²) >= 11 is 0. The van der Waals surface area contributed by atoms with Gasteiger partial charge in [0, 0.05) is 5.56 Å². The quantitative estimate of drug-likeness (QED) is 0.827. The zero-order valence-electron chi connectivity index (χ0n) is 11.0. The monoisotopic (exact) mass is 273 g/mol. The largest absolute Gasteiger partial charge is 0.273 e. The fourth-order valence-corrected chi connectivity index (χ4v) is 2.01. The molecule has 0 bridgehead atoms. The normalized spacial score (nSPS) is 14.7. The number of carbonyl (C=O) groups excluding carboxylic acids is 1. The summed E-state index contributed by atoms with van der Waals surface area (Å²) in [6, 6.07) is 9.62. The molecular formula is C13H15N5O2. The van der Waals surface area contributed by atoms with Gasteiger partial charge in [0.1, 0.15) is 0 Å². The number of benzene rings is 1. The zero-order chi connectivity index (χ0) is 13.8. The highest BCUT2D eigenvalue weighted by atomic mass is 16.7. The molecule has 1 aromatic heterocycles.